The van der Waals surface area contributed by atoms with Crippen LogP contribution in [0, 0.1) is 0 Å². The highest BCUT2D eigenvalue weighted by molar-refractivity contribution is 6.30. The average Bonchev–Trinajstić information content (AvgIpc) is 2.87. The first-order valence-electron chi connectivity index (χ1n) is 6.89. The molecule has 0 radical (unpaired) electrons. The fraction of sp³-hybridized carbons (Fsp3) is 0.400. The molecular weight excluding hydrogens is 274 g/mol. The van der Waals surface area contributed by atoms with Crippen LogP contribution in [0.15, 0.2) is 34.9 Å². The fourth-order valence-electron chi connectivity index (χ4n) is 2.60. The monoisotopic (exact) mass is 291 g/mol. The zero-order valence-corrected chi connectivity index (χ0v) is 12.0. The molecule has 2 aromatic rings. The summed E-state index contributed by atoms with van der Waals surface area (Å²) in [4.78, 5) is 6.86. The molecule has 0 aliphatic carbocycles. The van der Waals surface area contributed by atoms with Crippen LogP contribution in [0.2, 0.25) is 5.02 Å². The van der Waals surface area contributed by atoms with E-state index in [1.165, 1.54) is 0 Å². The van der Waals surface area contributed by atoms with Gasteiger partial charge < -0.3 is 10.2 Å². The van der Waals surface area contributed by atoms with Crippen LogP contribution in [-0.4, -0.2) is 29.0 Å². The minimum absolute atomic E-state index is 0.281. The van der Waals surface area contributed by atoms with Crippen LogP contribution in [0.3, 0.4) is 0 Å². The summed E-state index contributed by atoms with van der Waals surface area (Å²) in [6, 6.07) is 7.81. The molecule has 1 unspecified atom stereocenters. The summed E-state index contributed by atoms with van der Waals surface area (Å²) in [6.45, 7) is 2.80. The third-order valence-electron chi connectivity index (χ3n) is 3.55. The molecule has 2 heterocycles. The molecule has 4 nitrogen and oxygen atoms in total. The van der Waals surface area contributed by atoms with E-state index in [0.717, 1.165) is 43.7 Å². The van der Waals surface area contributed by atoms with Crippen molar-refractivity contribution in [2.45, 2.75) is 25.4 Å². The highest BCUT2D eigenvalue weighted by Crippen LogP contribution is 2.22. The molecule has 0 saturated carbocycles. The molecule has 1 aromatic carbocycles. The van der Waals surface area contributed by atoms with Crippen LogP contribution in [0.4, 0.5) is 0 Å². The molecule has 0 spiro atoms. The van der Waals surface area contributed by atoms with E-state index < -0.39 is 0 Å². The van der Waals surface area contributed by atoms with Crippen LogP contribution in [0.5, 0.6) is 0 Å². The van der Waals surface area contributed by atoms with E-state index in [2.05, 4.69) is 9.88 Å². The highest BCUT2D eigenvalue weighted by Gasteiger charge is 2.18. The minimum atomic E-state index is 0.281. The van der Waals surface area contributed by atoms with Gasteiger partial charge in [0, 0.05) is 29.7 Å². The van der Waals surface area contributed by atoms with Crippen molar-refractivity contribution in [3.63, 3.8) is 0 Å². The summed E-state index contributed by atoms with van der Waals surface area (Å²) in [5.74, 6) is 0.615. The number of hydrogen-bond acceptors (Lipinski definition) is 4. The Hall–Kier alpha value is -1.36. The maximum Gasteiger partial charge on any atom is 0.226 e. The van der Waals surface area contributed by atoms with Crippen LogP contribution >= 0.6 is 11.6 Å². The number of hydrogen-bond donors (Lipinski definition) is 1. The smallest absolute Gasteiger partial charge is 0.226 e. The van der Waals surface area contributed by atoms with Gasteiger partial charge in [0.15, 0.2) is 0 Å². The molecule has 1 fully saturated rings. The first-order valence-corrected chi connectivity index (χ1v) is 7.27. The molecule has 0 amide bonds. The second-order valence-corrected chi connectivity index (χ2v) is 5.73. The van der Waals surface area contributed by atoms with E-state index in [1.807, 2.05) is 24.3 Å². The van der Waals surface area contributed by atoms with Crippen molar-refractivity contribution in [3.8, 4) is 11.5 Å². The van der Waals surface area contributed by atoms with Crippen molar-refractivity contribution >= 4 is 11.6 Å². The quantitative estimate of drug-likeness (QED) is 0.945. The number of likely N-dealkylation sites (tertiary alicyclic amines) is 1. The van der Waals surface area contributed by atoms with Gasteiger partial charge >= 0.3 is 0 Å². The van der Waals surface area contributed by atoms with E-state index in [-0.39, 0.29) is 6.04 Å². The van der Waals surface area contributed by atoms with Crippen molar-refractivity contribution in [2.24, 2.45) is 5.73 Å². The summed E-state index contributed by atoms with van der Waals surface area (Å²) in [6.07, 6.45) is 3.99. The van der Waals surface area contributed by atoms with Gasteiger partial charge in [-0.3, -0.25) is 4.90 Å². The SMILES string of the molecule is NC1CCCN(Cc2coc(-c3cccc(Cl)c3)n2)C1. The number of nitrogens with zero attached hydrogens (tertiary/aromatic N) is 2. The topological polar surface area (TPSA) is 55.3 Å². The lowest BCUT2D eigenvalue weighted by molar-refractivity contribution is 0.199. The summed E-state index contributed by atoms with van der Waals surface area (Å²) < 4.78 is 5.55. The first kappa shape index (κ1) is 13.6. The van der Waals surface area contributed by atoms with Crippen LogP contribution in [0.25, 0.3) is 11.5 Å². The molecule has 2 N–H and O–H groups in total. The average molecular weight is 292 g/mol. The van der Waals surface area contributed by atoms with Gasteiger partial charge in [0.2, 0.25) is 5.89 Å². The summed E-state index contributed by atoms with van der Waals surface area (Å²) >= 11 is 5.98. The minimum Gasteiger partial charge on any atom is -0.444 e. The molecule has 1 aliphatic rings. The maximum absolute atomic E-state index is 5.99. The molecule has 3 rings (SSSR count). The van der Waals surface area contributed by atoms with E-state index in [9.17, 15) is 0 Å². The van der Waals surface area contributed by atoms with Gasteiger partial charge in [0.25, 0.3) is 0 Å². The predicted molar refractivity (Wildman–Crippen MR) is 79.4 cm³/mol. The normalized spacial score (nSPS) is 20.2. The number of nitrogens with two attached hydrogens (primary N) is 1. The first-order chi connectivity index (χ1) is 9.70. The summed E-state index contributed by atoms with van der Waals surface area (Å²) in [5, 5.41) is 0.684. The predicted octanol–water partition coefficient (Wildman–Crippen LogP) is 2.92. The van der Waals surface area contributed by atoms with Crippen molar-refractivity contribution < 1.29 is 4.42 Å². The van der Waals surface area contributed by atoms with E-state index in [0.29, 0.717) is 10.9 Å². The second-order valence-electron chi connectivity index (χ2n) is 5.29. The lowest BCUT2D eigenvalue weighted by atomic mass is 10.1. The third kappa shape index (κ3) is 3.20. The van der Waals surface area contributed by atoms with Crippen molar-refractivity contribution in [2.75, 3.05) is 13.1 Å². The molecule has 5 heteroatoms. The van der Waals surface area contributed by atoms with E-state index in [1.54, 1.807) is 6.26 Å². The number of benzene rings is 1. The highest BCUT2D eigenvalue weighted by atomic mass is 35.5. The van der Waals surface area contributed by atoms with Crippen molar-refractivity contribution in [3.05, 3.63) is 41.2 Å². The van der Waals surface area contributed by atoms with Crippen molar-refractivity contribution in [1.29, 1.82) is 0 Å². The number of aromatic nitrogens is 1. The Labute approximate surface area is 123 Å². The summed E-state index contributed by atoms with van der Waals surface area (Å²) in [7, 11) is 0. The Kier molecular flexibility index (Phi) is 4.05. The fourth-order valence-corrected chi connectivity index (χ4v) is 2.79. The molecular formula is C15H18ClN3O. The molecule has 1 atom stereocenters. The maximum atomic E-state index is 5.99. The number of oxazole rings is 1. The third-order valence-corrected chi connectivity index (χ3v) is 3.79. The summed E-state index contributed by atoms with van der Waals surface area (Å²) in [5.41, 5.74) is 7.83. The standard InChI is InChI=1S/C15H18ClN3O/c16-12-4-1-3-11(7-12)15-18-14(10-20-15)9-19-6-2-5-13(17)8-19/h1,3-4,7,10,13H,2,5-6,8-9,17H2. The molecule has 20 heavy (non-hydrogen) atoms. The Balaban J connectivity index is 1.70. The lowest BCUT2D eigenvalue weighted by Crippen LogP contribution is -2.42. The van der Waals surface area contributed by atoms with E-state index >= 15 is 0 Å². The number of piperidine rings is 1. The number of rotatable bonds is 3. The lowest BCUT2D eigenvalue weighted by Gasteiger charge is -2.29. The van der Waals surface area contributed by atoms with Gasteiger partial charge in [0.1, 0.15) is 6.26 Å². The van der Waals surface area contributed by atoms with Gasteiger partial charge in [-0.1, -0.05) is 17.7 Å². The molecule has 1 aromatic heterocycles. The molecule has 106 valence electrons. The van der Waals surface area contributed by atoms with Crippen molar-refractivity contribution in [1.82, 2.24) is 9.88 Å². The van der Waals surface area contributed by atoms with Crippen LogP contribution in [0.1, 0.15) is 18.5 Å². The largest absolute Gasteiger partial charge is 0.444 e. The van der Waals surface area contributed by atoms with Gasteiger partial charge in [0.05, 0.1) is 5.69 Å². The Morgan fingerprint density at radius 1 is 1.45 bits per heavy atom. The molecule has 1 aliphatic heterocycles. The van der Waals surface area contributed by atoms with Crippen LogP contribution in [-0.2, 0) is 6.54 Å². The van der Waals surface area contributed by atoms with Gasteiger partial charge in [-0.2, -0.15) is 0 Å². The van der Waals surface area contributed by atoms with E-state index in [4.69, 9.17) is 21.8 Å². The second kappa shape index (κ2) is 5.95. The molecule has 1 saturated heterocycles. The van der Waals surface area contributed by atoms with Crippen LogP contribution < -0.4 is 5.73 Å². The number of halogens is 1. The molecule has 0 bridgehead atoms. The van der Waals surface area contributed by atoms with Gasteiger partial charge in [-0.25, -0.2) is 4.98 Å². The zero-order valence-electron chi connectivity index (χ0n) is 11.3. The van der Waals surface area contributed by atoms with Gasteiger partial charge in [-0.15, -0.1) is 0 Å². The Morgan fingerprint density at radius 2 is 2.35 bits per heavy atom. The Bertz CT molecular complexity index is 584. The van der Waals surface area contributed by atoms with Gasteiger partial charge in [-0.05, 0) is 37.6 Å². The Morgan fingerprint density at radius 3 is 3.15 bits per heavy atom. The zero-order chi connectivity index (χ0) is 13.9.